The van der Waals surface area contributed by atoms with Crippen LogP contribution in [0.4, 0.5) is 13.2 Å². The summed E-state index contributed by atoms with van der Waals surface area (Å²) < 4.78 is 50.8. The maximum Gasteiger partial charge on any atom is 0.166 e. The molecule has 3 aromatic carbocycles. The van der Waals surface area contributed by atoms with Crippen LogP contribution in [0.1, 0.15) is 95.1 Å². The van der Waals surface area contributed by atoms with Gasteiger partial charge in [0.1, 0.15) is 5.82 Å². The number of hydrogen-bond donors (Lipinski definition) is 0. The fourth-order valence-corrected chi connectivity index (χ4v) is 5.58. The van der Waals surface area contributed by atoms with Gasteiger partial charge in [0.15, 0.2) is 11.6 Å². The van der Waals surface area contributed by atoms with Gasteiger partial charge in [-0.25, -0.2) is 13.2 Å². The molecular formula is C34H41F3O. The van der Waals surface area contributed by atoms with E-state index in [-0.39, 0.29) is 17.3 Å². The molecule has 0 spiro atoms. The Balaban J connectivity index is 1.40. The van der Waals surface area contributed by atoms with E-state index in [0.717, 1.165) is 56.1 Å². The van der Waals surface area contributed by atoms with Gasteiger partial charge in [-0.15, -0.1) is 0 Å². The highest BCUT2D eigenvalue weighted by atomic mass is 19.2. The largest absolute Gasteiger partial charge is 0.378 e. The van der Waals surface area contributed by atoms with E-state index in [0.29, 0.717) is 35.8 Å². The Hall–Kier alpha value is -2.59. The molecule has 2 unspecified atom stereocenters. The Bertz CT molecular complexity index is 1160. The lowest BCUT2D eigenvalue weighted by Gasteiger charge is -2.29. The minimum Gasteiger partial charge on any atom is -0.378 e. The molecule has 0 saturated carbocycles. The van der Waals surface area contributed by atoms with Crippen molar-refractivity contribution in [3.05, 3.63) is 83.2 Å². The van der Waals surface area contributed by atoms with Crippen LogP contribution >= 0.6 is 0 Å². The molecule has 38 heavy (non-hydrogen) atoms. The highest BCUT2D eigenvalue weighted by molar-refractivity contribution is 5.71. The predicted octanol–water partition coefficient (Wildman–Crippen LogP) is 10.4. The summed E-state index contributed by atoms with van der Waals surface area (Å²) in [4.78, 5) is 0. The quantitative estimate of drug-likeness (QED) is 0.215. The standard InChI is InChI=1S/C34H41F3O/c1-3-5-6-7-8-9-11-26-17-21-31(34(37)33(26)36)25-14-12-24(13-15-25)27-18-20-30(32(35)22-27)28-16-19-29(10-4-2)38-23-28/h12-15,17-18,20-22,28-29H,3-11,16,19,23H2,1-2H3. The highest BCUT2D eigenvalue weighted by Crippen LogP contribution is 2.34. The number of unbranched alkanes of at least 4 members (excludes halogenated alkanes) is 5. The van der Waals surface area contributed by atoms with Gasteiger partial charge >= 0.3 is 0 Å². The summed E-state index contributed by atoms with van der Waals surface area (Å²) in [6, 6.07) is 16.0. The predicted molar refractivity (Wildman–Crippen MR) is 151 cm³/mol. The van der Waals surface area contributed by atoms with Gasteiger partial charge in [0.25, 0.3) is 0 Å². The molecule has 1 heterocycles. The van der Waals surface area contributed by atoms with Crippen molar-refractivity contribution in [3.63, 3.8) is 0 Å². The maximum absolute atomic E-state index is 15.1. The average molecular weight is 523 g/mol. The van der Waals surface area contributed by atoms with Gasteiger partial charge in [-0.05, 0) is 66.0 Å². The van der Waals surface area contributed by atoms with E-state index in [1.165, 1.54) is 19.3 Å². The van der Waals surface area contributed by atoms with E-state index in [1.54, 1.807) is 30.3 Å². The normalized spacial score (nSPS) is 17.6. The van der Waals surface area contributed by atoms with E-state index in [1.807, 2.05) is 24.3 Å². The maximum atomic E-state index is 15.1. The molecule has 1 aliphatic rings. The van der Waals surface area contributed by atoms with Crippen molar-refractivity contribution in [2.24, 2.45) is 0 Å². The summed E-state index contributed by atoms with van der Waals surface area (Å²) in [6.07, 6.45) is 11.6. The van der Waals surface area contributed by atoms with Crippen molar-refractivity contribution in [3.8, 4) is 22.3 Å². The zero-order valence-corrected chi connectivity index (χ0v) is 22.9. The van der Waals surface area contributed by atoms with Gasteiger partial charge in [0.2, 0.25) is 0 Å². The van der Waals surface area contributed by atoms with Crippen LogP contribution in [0.3, 0.4) is 0 Å². The van der Waals surface area contributed by atoms with Crippen LogP contribution in [0, 0.1) is 17.5 Å². The molecule has 0 radical (unpaired) electrons. The van der Waals surface area contributed by atoms with E-state index in [4.69, 9.17) is 4.74 Å². The summed E-state index contributed by atoms with van der Waals surface area (Å²) in [5.74, 6) is -1.68. The van der Waals surface area contributed by atoms with Gasteiger partial charge in [0, 0.05) is 11.5 Å². The zero-order chi connectivity index (χ0) is 26.9. The van der Waals surface area contributed by atoms with Crippen LogP contribution in [0.2, 0.25) is 0 Å². The molecule has 0 amide bonds. The molecule has 4 heteroatoms. The Kier molecular flexibility index (Phi) is 10.5. The topological polar surface area (TPSA) is 9.23 Å². The number of halogens is 3. The fourth-order valence-electron chi connectivity index (χ4n) is 5.58. The lowest BCUT2D eigenvalue weighted by atomic mass is 9.89. The molecule has 1 aliphatic heterocycles. The zero-order valence-electron chi connectivity index (χ0n) is 22.9. The summed E-state index contributed by atoms with van der Waals surface area (Å²) >= 11 is 0. The number of ether oxygens (including phenoxy) is 1. The third-order valence-electron chi connectivity index (χ3n) is 7.91. The Morgan fingerprint density at radius 1 is 0.711 bits per heavy atom. The first-order chi connectivity index (χ1) is 18.5. The van der Waals surface area contributed by atoms with E-state index < -0.39 is 11.6 Å². The minimum absolute atomic E-state index is 0.0847. The van der Waals surface area contributed by atoms with E-state index in [2.05, 4.69) is 13.8 Å². The van der Waals surface area contributed by atoms with Crippen molar-refractivity contribution in [1.29, 1.82) is 0 Å². The second kappa shape index (κ2) is 14.0. The summed E-state index contributed by atoms with van der Waals surface area (Å²) in [5.41, 5.74) is 3.61. The van der Waals surface area contributed by atoms with Gasteiger partial charge in [0.05, 0.1) is 12.7 Å². The molecule has 1 nitrogen and oxygen atoms in total. The molecule has 0 N–H and O–H groups in total. The van der Waals surface area contributed by atoms with Crippen LogP contribution < -0.4 is 0 Å². The first kappa shape index (κ1) is 28.4. The molecule has 0 aromatic heterocycles. The number of hydrogen-bond acceptors (Lipinski definition) is 1. The van der Waals surface area contributed by atoms with Gasteiger partial charge in [-0.1, -0.05) is 101 Å². The third kappa shape index (κ3) is 7.08. The molecule has 204 valence electrons. The van der Waals surface area contributed by atoms with E-state index in [9.17, 15) is 8.78 Å². The lowest BCUT2D eigenvalue weighted by Crippen LogP contribution is -2.25. The van der Waals surface area contributed by atoms with Crippen LogP contribution in [0.15, 0.2) is 54.6 Å². The van der Waals surface area contributed by atoms with Crippen molar-refractivity contribution < 1.29 is 17.9 Å². The van der Waals surface area contributed by atoms with Crippen molar-refractivity contribution in [2.75, 3.05) is 6.61 Å². The molecule has 2 atom stereocenters. The monoisotopic (exact) mass is 522 g/mol. The molecule has 1 saturated heterocycles. The summed E-state index contributed by atoms with van der Waals surface area (Å²) in [5, 5.41) is 0. The fraction of sp³-hybridized carbons (Fsp3) is 0.471. The highest BCUT2D eigenvalue weighted by Gasteiger charge is 2.24. The van der Waals surface area contributed by atoms with Gasteiger partial charge in [-0.3, -0.25) is 0 Å². The first-order valence-electron chi connectivity index (χ1n) is 14.5. The molecule has 0 bridgehead atoms. The summed E-state index contributed by atoms with van der Waals surface area (Å²) in [6.45, 7) is 4.90. The number of rotatable bonds is 12. The van der Waals surface area contributed by atoms with E-state index >= 15 is 4.39 Å². The third-order valence-corrected chi connectivity index (χ3v) is 7.91. The minimum atomic E-state index is -0.799. The first-order valence-corrected chi connectivity index (χ1v) is 14.5. The van der Waals surface area contributed by atoms with Gasteiger partial charge < -0.3 is 4.74 Å². The van der Waals surface area contributed by atoms with Crippen LogP contribution in [0.25, 0.3) is 22.3 Å². The molecule has 3 aromatic rings. The average Bonchev–Trinajstić information content (AvgIpc) is 2.94. The van der Waals surface area contributed by atoms with Gasteiger partial charge in [-0.2, -0.15) is 0 Å². The van der Waals surface area contributed by atoms with Crippen molar-refractivity contribution >= 4 is 0 Å². The lowest BCUT2D eigenvalue weighted by molar-refractivity contribution is -0.00172. The van der Waals surface area contributed by atoms with Crippen LogP contribution in [-0.4, -0.2) is 12.7 Å². The molecule has 4 rings (SSSR count). The number of aryl methyl sites for hydroxylation is 1. The SMILES string of the molecule is CCCCCCCCc1ccc(-c2ccc(-c3ccc(C4CCC(CCC)OC4)c(F)c3)cc2)c(F)c1F. The Morgan fingerprint density at radius 2 is 1.42 bits per heavy atom. The smallest absolute Gasteiger partial charge is 0.166 e. The second-order valence-corrected chi connectivity index (χ2v) is 10.7. The van der Waals surface area contributed by atoms with Crippen molar-refractivity contribution in [1.82, 2.24) is 0 Å². The van der Waals surface area contributed by atoms with Crippen LogP contribution in [-0.2, 0) is 11.2 Å². The molecular weight excluding hydrogens is 481 g/mol. The second-order valence-electron chi connectivity index (χ2n) is 10.7. The Labute approximate surface area is 226 Å². The molecule has 1 fully saturated rings. The van der Waals surface area contributed by atoms with Crippen LogP contribution in [0.5, 0.6) is 0 Å². The summed E-state index contributed by atoms with van der Waals surface area (Å²) in [7, 11) is 0. The van der Waals surface area contributed by atoms with Crippen molar-refractivity contribution in [2.45, 2.75) is 96.5 Å². The Morgan fingerprint density at radius 3 is 2.11 bits per heavy atom. The number of benzene rings is 3. The molecule has 0 aliphatic carbocycles.